The van der Waals surface area contributed by atoms with Gasteiger partial charge in [0.05, 0.1) is 30.3 Å². The molecule has 4 nitrogen and oxygen atoms in total. The van der Waals surface area contributed by atoms with Crippen molar-refractivity contribution in [3.05, 3.63) is 29.6 Å². The lowest BCUT2D eigenvalue weighted by molar-refractivity contribution is -0.117. The topological polar surface area (TPSA) is 38.8 Å². The van der Waals surface area contributed by atoms with Gasteiger partial charge in [-0.2, -0.15) is 0 Å². The van der Waals surface area contributed by atoms with Gasteiger partial charge in [-0.1, -0.05) is 0 Å². The first-order chi connectivity index (χ1) is 9.86. The predicted molar refractivity (Wildman–Crippen MR) is 78.5 cm³/mol. The highest BCUT2D eigenvalue weighted by atomic mass is 35.5. The maximum atomic E-state index is 14.0. The van der Waals surface area contributed by atoms with Crippen LogP contribution in [0.2, 0.25) is 0 Å². The van der Waals surface area contributed by atoms with Gasteiger partial charge in [0.1, 0.15) is 11.6 Å². The van der Waals surface area contributed by atoms with Crippen LogP contribution in [0.5, 0.6) is 5.75 Å². The van der Waals surface area contributed by atoms with Gasteiger partial charge in [-0.3, -0.25) is 4.79 Å². The number of halogens is 2. The summed E-state index contributed by atoms with van der Waals surface area (Å²) >= 11 is 5.84. The van der Waals surface area contributed by atoms with E-state index in [0.29, 0.717) is 18.8 Å². The summed E-state index contributed by atoms with van der Waals surface area (Å²) in [5.74, 6) is -0.282. The minimum Gasteiger partial charge on any atom is -0.497 e. The highest BCUT2D eigenvalue weighted by Gasteiger charge is 2.36. The van der Waals surface area contributed by atoms with Crippen molar-refractivity contribution in [2.24, 2.45) is 0 Å². The van der Waals surface area contributed by atoms with Crippen LogP contribution in [0, 0.1) is 5.82 Å². The molecule has 0 bridgehead atoms. The van der Waals surface area contributed by atoms with Crippen molar-refractivity contribution >= 4 is 17.5 Å². The maximum Gasteiger partial charge on any atom is 0.257 e. The SMILES string of the molecule is COc1ccc(C(=O)N2CC(CCl)OC(C)(C)C2)c(F)c1. The van der Waals surface area contributed by atoms with Gasteiger partial charge in [0.25, 0.3) is 5.91 Å². The lowest BCUT2D eigenvalue weighted by Crippen LogP contribution is -2.55. The third-order valence-electron chi connectivity index (χ3n) is 3.35. The Balaban J connectivity index is 2.22. The van der Waals surface area contributed by atoms with E-state index in [9.17, 15) is 9.18 Å². The van der Waals surface area contributed by atoms with Gasteiger partial charge in [0.15, 0.2) is 0 Å². The molecular formula is C15H19ClFNO3. The predicted octanol–water partition coefficient (Wildman–Crippen LogP) is 2.69. The van der Waals surface area contributed by atoms with E-state index in [1.54, 1.807) is 11.0 Å². The fourth-order valence-electron chi connectivity index (χ4n) is 2.50. The molecule has 1 fully saturated rings. The van der Waals surface area contributed by atoms with Crippen LogP contribution in [0.15, 0.2) is 18.2 Å². The standard InChI is InChI=1S/C15H19ClFNO3/c1-15(2)9-18(8-11(7-16)21-15)14(19)12-5-4-10(20-3)6-13(12)17/h4-6,11H,7-9H2,1-3H3. The molecule has 1 aromatic carbocycles. The van der Waals surface area contributed by atoms with E-state index in [1.807, 2.05) is 13.8 Å². The Morgan fingerprint density at radius 1 is 1.57 bits per heavy atom. The molecule has 0 radical (unpaired) electrons. The Hall–Kier alpha value is -1.33. The number of hydrogen-bond donors (Lipinski definition) is 0. The normalized spacial score (nSPS) is 21.2. The van der Waals surface area contributed by atoms with Crippen molar-refractivity contribution in [1.82, 2.24) is 4.90 Å². The molecule has 0 spiro atoms. The van der Waals surface area contributed by atoms with Crippen LogP contribution in [0.4, 0.5) is 4.39 Å². The van der Waals surface area contributed by atoms with Crippen molar-refractivity contribution < 1.29 is 18.7 Å². The van der Waals surface area contributed by atoms with Crippen LogP contribution in [-0.2, 0) is 4.74 Å². The highest BCUT2D eigenvalue weighted by molar-refractivity contribution is 6.18. The number of rotatable bonds is 3. The summed E-state index contributed by atoms with van der Waals surface area (Å²) in [6, 6.07) is 4.22. The minimum absolute atomic E-state index is 0.0295. The summed E-state index contributed by atoms with van der Waals surface area (Å²) < 4.78 is 24.7. The Kier molecular flexibility index (Phi) is 4.74. The molecule has 0 saturated carbocycles. The van der Waals surface area contributed by atoms with E-state index < -0.39 is 11.4 Å². The van der Waals surface area contributed by atoms with E-state index in [0.717, 1.165) is 0 Å². The molecule has 6 heteroatoms. The van der Waals surface area contributed by atoms with E-state index in [2.05, 4.69) is 0 Å². The number of morpholine rings is 1. The molecule has 1 aliphatic rings. The van der Waals surface area contributed by atoms with Crippen molar-refractivity contribution in [2.75, 3.05) is 26.1 Å². The maximum absolute atomic E-state index is 14.0. The number of benzene rings is 1. The van der Waals surface area contributed by atoms with Gasteiger partial charge in [0.2, 0.25) is 0 Å². The Bertz CT molecular complexity index is 536. The second kappa shape index (κ2) is 6.20. The molecule has 1 amide bonds. The van der Waals surface area contributed by atoms with Crippen LogP contribution in [0.25, 0.3) is 0 Å². The number of ether oxygens (including phenoxy) is 2. The second-order valence-corrected chi connectivity index (χ2v) is 5.99. The van der Waals surface area contributed by atoms with Crippen LogP contribution < -0.4 is 4.74 Å². The Morgan fingerprint density at radius 2 is 2.29 bits per heavy atom. The highest BCUT2D eigenvalue weighted by Crippen LogP contribution is 2.25. The summed E-state index contributed by atoms with van der Waals surface area (Å²) in [7, 11) is 1.45. The Labute approximate surface area is 128 Å². The van der Waals surface area contributed by atoms with Gasteiger partial charge in [-0.25, -0.2) is 4.39 Å². The lowest BCUT2D eigenvalue weighted by atomic mass is 10.0. The molecule has 1 heterocycles. The van der Waals surface area contributed by atoms with Crippen LogP contribution in [-0.4, -0.2) is 48.6 Å². The monoisotopic (exact) mass is 315 g/mol. The zero-order valence-electron chi connectivity index (χ0n) is 12.4. The first-order valence-corrected chi connectivity index (χ1v) is 7.26. The molecular weight excluding hydrogens is 297 g/mol. The molecule has 1 atom stereocenters. The summed E-state index contributed by atoms with van der Waals surface area (Å²) in [5, 5.41) is 0. The third kappa shape index (κ3) is 3.66. The van der Waals surface area contributed by atoms with E-state index in [4.69, 9.17) is 21.1 Å². The number of methoxy groups -OCH3 is 1. The van der Waals surface area contributed by atoms with Crippen LogP contribution in [0.3, 0.4) is 0 Å². The quantitative estimate of drug-likeness (QED) is 0.805. The molecule has 1 aromatic rings. The minimum atomic E-state index is -0.592. The van der Waals surface area contributed by atoms with Crippen molar-refractivity contribution in [2.45, 2.75) is 25.6 Å². The summed E-state index contributed by atoms with van der Waals surface area (Å²) in [5.41, 5.74) is -0.474. The van der Waals surface area contributed by atoms with Gasteiger partial charge < -0.3 is 14.4 Å². The van der Waals surface area contributed by atoms with Crippen molar-refractivity contribution in [3.63, 3.8) is 0 Å². The summed E-state index contributed by atoms with van der Waals surface area (Å²) in [6.45, 7) is 4.52. The molecule has 2 rings (SSSR count). The van der Waals surface area contributed by atoms with Gasteiger partial charge in [-0.15, -0.1) is 11.6 Å². The van der Waals surface area contributed by atoms with Crippen molar-refractivity contribution in [3.8, 4) is 5.75 Å². The molecule has 116 valence electrons. The van der Waals surface area contributed by atoms with Gasteiger partial charge >= 0.3 is 0 Å². The summed E-state index contributed by atoms with van der Waals surface area (Å²) in [4.78, 5) is 14.1. The largest absolute Gasteiger partial charge is 0.497 e. The first-order valence-electron chi connectivity index (χ1n) is 6.73. The zero-order chi connectivity index (χ0) is 15.6. The number of nitrogens with zero attached hydrogens (tertiary/aromatic N) is 1. The number of amides is 1. The van der Waals surface area contributed by atoms with E-state index in [1.165, 1.54) is 19.2 Å². The molecule has 1 saturated heterocycles. The molecule has 0 aromatic heterocycles. The molecule has 1 unspecified atom stereocenters. The second-order valence-electron chi connectivity index (χ2n) is 5.69. The van der Waals surface area contributed by atoms with E-state index >= 15 is 0 Å². The van der Waals surface area contributed by atoms with Crippen LogP contribution in [0.1, 0.15) is 24.2 Å². The van der Waals surface area contributed by atoms with Gasteiger partial charge in [0, 0.05) is 19.2 Å². The zero-order valence-corrected chi connectivity index (χ0v) is 13.1. The number of carbonyl (C=O) groups excluding carboxylic acids is 1. The van der Waals surface area contributed by atoms with Gasteiger partial charge in [-0.05, 0) is 26.0 Å². The van der Waals surface area contributed by atoms with Crippen LogP contribution >= 0.6 is 11.6 Å². The van der Waals surface area contributed by atoms with E-state index in [-0.39, 0.29) is 23.5 Å². The lowest BCUT2D eigenvalue weighted by Gasteiger charge is -2.42. The smallest absolute Gasteiger partial charge is 0.257 e. The molecule has 21 heavy (non-hydrogen) atoms. The summed E-state index contributed by atoms with van der Waals surface area (Å²) in [6.07, 6.45) is -0.249. The number of carbonyl (C=O) groups is 1. The number of hydrogen-bond acceptors (Lipinski definition) is 3. The average molecular weight is 316 g/mol. The molecule has 0 N–H and O–H groups in total. The van der Waals surface area contributed by atoms with Crippen molar-refractivity contribution in [1.29, 1.82) is 0 Å². The number of alkyl halides is 1. The fraction of sp³-hybridized carbons (Fsp3) is 0.533. The molecule has 1 aliphatic heterocycles. The fourth-order valence-corrected chi connectivity index (χ4v) is 2.66. The average Bonchev–Trinajstić information content (AvgIpc) is 2.44. The Morgan fingerprint density at radius 3 is 2.86 bits per heavy atom. The molecule has 0 aliphatic carbocycles. The third-order valence-corrected chi connectivity index (χ3v) is 3.69. The first kappa shape index (κ1) is 16.0.